The van der Waals surface area contributed by atoms with E-state index in [0.29, 0.717) is 6.73 Å². The zero-order valence-electron chi connectivity index (χ0n) is 4.42. The van der Waals surface area contributed by atoms with E-state index in [4.69, 9.17) is 4.74 Å². The van der Waals surface area contributed by atoms with Crippen molar-refractivity contribution in [1.82, 2.24) is 0 Å². The van der Waals surface area contributed by atoms with E-state index in [2.05, 4.69) is 11.7 Å². The van der Waals surface area contributed by atoms with Gasteiger partial charge in [-0.05, 0) is 13.6 Å². The Kier molecular flexibility index (Phi) is 4.62. The predicted molar refractivity (Wildman–Crippen MR) is 30.3 cm³/mol. The summed E-state index contributed by atoms with van der Waals surface area (Å²) in [6.45, 7) is 5.45. The highest BCUT2D eigenvalue weighted by atomic mass is 16.5. The average molecular weight is 99.1 g/mol. The van der Waals surface area contributed by atoms with Crippen LogP contribution in [0.15, 0.2) is 17.3 Å². The fraction of sp³-hybridized carbons (Fsp3) is 0.400. The summed E-state index contributed by atoms with van der Waals surface area (Å²) in [7, 11) is 0. The molecule has 0 spiro atoms. The molecule has 0 aromatic carbocycles. The molecule has 0 amide bonds. The van der Waals surface area contributed by atoms with E-state index in [1.165, 1.54) is 0 Å². The van der Waals surface area contributed by atoms with Gasteiger partial charge in [-0.15, -0.1) is 0 Å². The molecule has 0 fully saturated rings. The largest absolute Gasteiger partial charge is 0.479 e. The van der Waals surface area contributed by atoms with Gasteiger partial charge in [0.05, 0.1) is 6.26 Å². The van der Waals surface area contributed by atoms with Crippen LogP contribution in [-0.4, -0.2) is 13.4 Å². The monoisotopic (exact) mass is 99.1 g/mol. The second-order valence-corrected chi connectivity index (χ2v) is 0.989. The fourth-order valence-electron chi connectivity index (χ4n) is 0.192. The lowest BCUT2D eigenvalue weighted by molar-refractivity contribution is 0.262. The van der Waals surface area contributed by atoms with Crippen LogP contribution in [0.5, 0.6) is 0 Å². The Morgan fingerprint density at radius 2 is 2.57 bits per heavy atom. The first-order chi connectivity index (χ1) is 3.41. The third kappa shape index (κ3) is 5.21. The molecule has 0 saturated carbocycles. The van der Waals surface area contributed by atoms with Crippen LogP contribution in [0.1, 0.15) is 6.92 Å². The summed E-state index contributed by atoms with van der Waals surface area (Å²) < 4.78 is 4.72. The quantitative estimate of drug-likeness (QED) is 0.296. The molecule has 7 heavy (non-hydrogen) atoms. The highest BCUT2D eigenvalue weighted by molar-refractivity contribution is 5.22. The van der Waals surface area contributed by atoms with Gasteiger partial charge in [0, 0.05) is 0 Å². The molecule has 40 valence electrons. The normalized spacial score (nSPS) is 9.29. The molecule has 0 atom stereocenters. The van der Waals surface area contributed by atoms with Crippen LogP contribution in [0.3, 0.4) is 0 Å². The van der Waals surface area contributed by atoms with Gasteiger partial charge in [-0.25, -0.2) is 0 Å². The van der Waals surface area contributed by atoms with E-state index >= 15 is 0 Å². The maximum absolute atomic E-state index is 4.72. The van der Waals surface area contributed by atoms with Gasteiger partial charge in [0.25, 0.3) is 0 Å². The molecule has 0 aromatic rings. The maximum Gasteiger partial charge on any atom is 0.177 e. The van der Waals surface area contributed by atoms with E-state index in [1.807, 2.05) is 6.92 Å². The molecular weight excluding hydrogens is 90.1 g/mol. The summed E-state index contributed by atoms with van der Waals surface area (Å²) in [6, 6.07) is 0. The van der Waals surface area contributed by atoms with Crippen LogP contribution < -0.4 is 0 Å². The summed E-state index contributed by atoms with van der Waals surface area (Å²) in [5, 5.41) is 0. The van der Waals surface area contributed by atoms with Gasteiger partial charge >= 0.3 is 0 Å². The lowest BCUT2D eigenvalue weighted by Crippen LogP contribution is -1.77. The van der Waals surface area contributed by atoms with Crippen LogP contribution >= 0.6 is 0 Å². The Bertz CT molecular complexity index is 68.5. The molecule has 0 N–H and O–H groups in total. The van der Waals surface area contributed by atoms with Gasteiger partial charge in [0.2, 0.25) is 0 Å². The van der Waals surface area contributed by atoms with Crippen molar-refractivity contribution in [3.63, 3.8) is 0 Å². The Morgan fingerprint density at radius 3 is 3.00 bits per heavy atom. The smallest absolute Gasteiger partial charge is 0.177 e. The number of ether oxygens (including phenoxy) is 1. The second kappa shape index (κ2) is 5.21. The first kappa shape index (κ1) is 6.21. The van der Waals surface area contributed by atoms with Crippen LogP contribution in [0.4, 0.5) is 0 Å². The minimum Gasteiger partial charge on any atom is -0.479 e. The molecule has 0 radical (unpaired) electrons. The molecule has 0 heterocycles. The van der Waals surface area contributed by atoms with Crippen LogP contribution in [0, 0.1) is 0 Å². The summed E-state index contributed by atoms with van der Waals surface area (Å²) in [6.07, 6.45) is 3.37. The minimum absolute atomic E-state index is 0.352. The number of hydrogen-bond acceptors (Lipinski definition) is 2. The van der Waals surface area contributed by atoms with Crippen molar-refractivity contribution in [2.45, 2.75) is 6.92 Å². The summed E-state index contributed by atoms with van der Waals surface area (Å²) in [5.74, 6) is 0. The van der Waals surface area contributed by atoms with Gasteiger partial charge in [0.1, 0.15) is 0 Å². The van der Waals surface area contributed by atoms with E-state index in [-0.39, 0.29) is 0 Å². The fourth-order valence-corrected chi connectivity index (χ4v) is 0.192. The number of allylic oxidation sites excluding steroid dienone is 1. The predicted octanol–water partition coefficient (Wildman–Crippen LogP) is 1.19. The standard InChI is InChI=1S/C5H9NO/c1-3-4-7-5-6-2/h3-4H,2,5H2,1H3/b4-3-. The van der Waals surface area contributed by atoms with Gasteiger partial charge in [-0.3, -0.25) is 4.99 Å². The minimum atomic E-state index is 0.352. The number of nitrogens with zero attached hydrogens (tertiary/aromatic N) is 1. The highest BCUT2D eigenvalue weighted by Gasteiger charge is 1.64. The van der Waals surface area contributed by atoms with Gasteiger partial charge < -0.3 is 4.74 Å². The maximum atomic E-state index is 4.72. The topological polar surface area (TPSA) is 21.6 Å². The van der Waals surface area contributed by atoms with Crippen LogP contribution in [0.2, 0.25) is 0 Å². The van der Waals surface area contributed by atoms with Crippen molar-refractivity contribution in [2.24, 2.45) is 4.99 Å². The van der Waals surface area contributed by atoms with Crippen molar-refractivity contribution >= 4 is 6.72 Å². The number of aliphatic imine (C=N–C) groups is 1. The molecule has 2 nitrogen and oxygen atoms in total. The van der Waals surface area contributed by atoms with E-state index in [1.54, 1.807) is 12.3 Å². The van der Waals surface area contributed by atoms with Crippen molar-refractivity contribution in [2.75, 3.05) is 6.73 Å². The Labute approximate surface area is 43.5 Å². The Morgan fingerprint density at radius 1 is 1.86 bits per heavy atom. The zero-order valence-corrected chi connectivity index (χ0v) is 4.42. The molecule has 2 heteroatoms. The number of rotatable bonds is 3. The lowest BCUT2D eigenvalue weighted by atomic mass is 10.7. The molecular formula is C5H9NO. The van der Waals surface area contributed by atoms with Crippen molar-refractivity contribution < 1.29 is 4.74 Å². The zero-order chi connectivity index (χ0) is 5.54. The molecule has 0 rings (SSSR count). The third-order valence-electron chi connectivity index (χ3n) is 0.398. The molecule has 0 aromatic heterocycles. The third-order valence-corrected chi connectivity index (χ3v) is 0.398. The van der Waals surface area contributed by atoms with E-state index in [9.17, 15) is 0 Å². The van der Waals surface area contributed by atoms with Crippen molar-refractivity contribution in [3.8, 4) is 0 Å². The van der Waals surface area contributed by atoms with Gasteiger partial charge in [0.15, 0.2) is 6.73 Å². The highest BCUT2D eigenvalue weighted by Crippen LogP contribution is 1.74. The molecule has 0 aliphatic carbocycles. The van der Waals surface area contributed by atoms with Crippen LogP contribution in [0.25, 0.3) is 0 Å². The molecule has 0 unspecified atom stereocenters. The van der Waals surface area contributed by atoms with Gasteiger partial charge in [-0.2, -0.15) is 0 Å². The first-order valence-corrected chi connectivity index (χ1v) is 2.07. The molecule has 0 saturated heterocycles. The van der Waals surface area contributed by atoms with Gasteiger partial charge in [-0.1, -0.05) is 6.08 Å². The van der Waals surface area contributed by atoms with E-state index < -0.39 is 0 Å². The van der Waals surface area contributed by atoms with Crippen molar-refractivity contribution in [1.29, 1.82) is 0 Å². The Hall–Kier alpha value is -0.790. The van der Waals surface area contributed by atoms with E-state index in [0.717, 1.165) is 0 Å². The first-order valence-electron chi connectivity index (χ1n) is 2.07. The molecule has 0 aliphatic heterocycles. The second-order valence-electron chi connectivity index (χ2n) is 0.989. The summed E-state index contributed by atoms with van der Waals surface area (Å²) in [5.41, 5.74) is 0. The lowest BCUT2D eigenvalue weighted by Gasteiger charge is -1.88. The SMILES string of the molecule is C=NCO/C=C\C. The van der Waals surface area contributed by atoms with Crippen LogP contribution in [-0.2, 0) is 4.74 Å². The average Bonchev–Trinajstić information content (AvgIpc) is 1.69. The molecule has 0 aliphatic rings. The summed E-state index contributed by atoms with van der Waals surface area (Å²) >= 11 is 0. The Balaban J connectivity index is 2.82. The van der Waals surface area contributed by atoms with Crippen molar-refractivity contribution in [3.05, 3.63) is 12.3 Å². The summed E-state index contributed by atoms with van der Waals surface area (Å²) in [4.78, 5) is 3.45. The molecule has 0 bridgehead atoms. The number of hydrogen-bond donors (Lipinski definition) is 0.